The Morgan fingerprint density at radius 3 is 2.61 bits per heavy atom. The highest BCUT2D eigenvalue weighted by atomic mass is 16.5. The number of ether oxygens (including phenoxy) is 2. The van der Waals surface area contributed by atoms with Gasteiger partial charge in [0.25, 0.3) is 5.91 Å². The number of rotatable bonds is 5. The Kier molecular flexibility index (Phi) is 6.95. The summed E-state index contributed by atoms with van der Waals surface area (Å²) in [5.74, 6) is 0.334. The largest absolute Gasteiger partial charge is 0.379 e. The highest BCUT2D eigenvalue weighted by Crippen LogP contribution is 2.23. The molecule has 5 rings (SSSR count). The lowest BCUT2D eigenvalue weighted by molar-refractivity contribution is 0.0339. The van der Waals surface area contributed by atoms with Gasteiger partial charge in [-0.05, 0) is 29.7 Å². The number of hydrogen-bond acceptors (Lipinski definition) is 5. The van der Waals surface area contributed by atoms with Crippen molar-refractivity contribution in [3.05, 3.63) is 77.5 Å². The zero-order chi connectivity index (χ0) is 22.5. The van der Waals surface area contributed by atoms with E-state index in [1.54, 1.807) is 0 Å². The van der Waals surface area contributed by atoms with Crippen LogP contribution in [0.1, 0.15) is 21.5 Å². The van der Waals surface area contributed by atoms with E-state index in [4.69, 9.17) is 9.47 Å². The van der Waals surface area contributed by atoms with Crippen LogP contribution in [0.25, 0.3) is 10.9 Å². The lowest BCUT2D eigenvalue weighted by Crippen LogP contribution is -2.38. The normalized spacial score (nSPS) is 20.0. The number of carbonyl (C=O) groups is 1. The summed E-state index contributed by atoms with van der Waals surface area (Å²) in [6.45, 7) is 6.63. The number of benzene rings is 2. The van der Waals surface area contributed by atoms with E-state index in [9.17, 15) is 4.79 Å². The fourth-order valence-electron chi connectivity index (χ4n) is 4.87. The van der Waals surface area contributed by atoms with E-state index in [1.807, 2.05) is 35.4 Å². The van der Waals surface area contributed by atoms with Crippen LogP contribution < -0.4 is 0 Å². The number of hydrogen-bond donors (Lipinski definition) is 0. The Labute approximate surface area is 195 Å². The monoisotopic (exact) mass is 445 g/mol. The Morgan fingerprint density at radius 2 is 1.70 bits per heavy atom. The average molecular weight is 446 g/mol. The maximum atomic E-state index is 13.6. The molecule has 3 aromatic rings. The second-order valence-electron chi connectivity index (χ2n) is 8.93. The molecule has 2 aliphatic rings. The third-order valence-corrected chi connectivity index (χ3v) is 6.60. The number of pyridine rings is 1. The van der Waals surface area contributed by atoms with Crippen molar-refractivity contribution in [2.75, 3.05) is 52.6 Å². The van der Waals surface area contributed by atoms with Crippen molar-refractivity contribution >= 4 is 16.8 Å². The summed E-state index contributed by atoms with van der Waals surface area (Å²) >= 11 is 0. The molecule has 6 heteroatoms. The summed E-state index contributed by atoms with van der Waals surface area (Å²) in [5, 5.41) is 1.15. The molecular weight excluding hydrogens is 414 g/mol. The van der Waals surface area contributed by atoms with Gasteiger partial charge in [0.05, 0.1) is 31.9 Å². The summed E-state index contributed by atoms with van der Waals surface area (Å²) in [4.78, 5) is 22.6. The summed E-state index contributed by atoms with van der Waals surface area (Å²) < 4.78 is 11.4. The first-order valence-corrected chi connectivity index (χ1v) is 11.9. The van der Waals surface area contributed by atoms with Crippen molar-refractivity contribution < 1.29 is 14.3 Å². The maximum Gasteiger partial charge on any atom is 0.254 e. The summed E-state index contributed by atoms with van der Waals surface area (Å²) in [7, 11) is 0. The number of para-hydroxylation sites is 1. The van der Waals surface area contributed by atoms with Gasteiger partial charge in [0, 0.05) is 55.8 Å². The van der Waals surface area contributed by atoms with Crippen LogP contribution in [0.3, 0.4) is 0 Å². The van der Waals surface area contributed by atoms with Crippen molar-refractivity contribution in [3.63, 3.8) is 0 Å². The topological polar surface area (TPSA) is 54.9 Å². The van der Waals surface area contributed by atoms with Crippen molar-refractivity contribution in [1.29, 1.82) is 0 Å². The smallest absolute Gasteiger partial charge is 0.254 e. The Balaban J connectivity index is 1.32. The molecule has 0 bridgehead atoms. The third kappa shape index (κ3) is 5.24. The van der Waals surface area contributed by atoms with Crippen LogP contribution in [0.2, 0.25) is 0 Å². The quantitative estimate of drug-likeness (QED) is 0.603. The Hall–Kier alpha value is -2.80. The predicted octanol–water partition coefficient (Wildman–Crippen LogP) is 3.40. The molecule has 172 valence electrons. The van der Waals surface area contributed by atoms with E-state index in [1.165, 1.54) is 5.56 Å². The molecule has 33 heavy (non-hydrogen) atoms. The van der Waals surface area contributed by atoms with Gasteiger partial charge in [-0.15, -0.1) is 0 Å². The lowest BCUT2D eigenvalue weighted by Gasteiger charge is -2.28. The Bertz CT molecular complexity index is 1090. The molecule has 2 saturated heterocycles. The van der Waals surface area contributed by atoms with Gasteiger partial charge in [-0.25, -0.2) is 0 Å². The SMILES string of the molecule is O=C(c1ccccc1CN1CCOCC1)N1CCOC[C@@H](Cc2cccc3cccnc23)C1. The summed E-state index contributed by atoms with van der Waals surface area (Å²) in [5.41, 5.74) is 4.14. The van der Waals surface area contributed by atoms with Crippen molar-refractivity contribution in [3.8, 4) is 0 Å². The highest BCUT2D eigenvalue weighted by molar-refractivity contribution is 5.95. The molecule has 2 aromatic carbocycles. The van der Waals surface area contributed by atoms with Crippen LogP contribution in [-0.2, 0) is 22.4 Å². The minimum absolute atomic E-state index is 0.102. The molecule has 0 spiro atoms. The van der Waals surface area contributed by atoms with Crippen LogP contribution in [0.5, 0.6) is 0 Å². The Morgan fingerprint density at radius 1 is 0.909 bits per heavy atom. The van der Waals surface area contributed by atoms with E-state index in [0.29, 0.717) is 26.3 Å². The van der Waals surface area contributed by atoms with Gasteiger partial charge in [-0.1, -0.05) is 42.5 Å². The van der Waals surface area contributed by atoms with Gasteiger partial charge in [0.1, 0.15) is 0 Å². The molecule has 2 aliphatic heterocycles. The standard InChI is InChI=1S/C27H31N3O3/c31-27(25-9-2-1-5-24(25)19-29-11-14-32-15-12-29)30-13-16-33-20-21(18-30)17-23-7-3-6-22-8-4-10-28-26(22)23/h1-10,21H,11-20H2/t21-/m0/s1. The molecule has 0 saturated carbocycles. The first-order chi connectivity index (χ1) is 16.3. The number of amides is 1. The van der Waals surface area contributed by atoms with Gasteiger partial charge in [0.2, 0.25) is 0 Å². The number of nitrogens with zero attached hydrogens (tertiary/aromatic N) is 3. The lowest BCUT2D eigenvalue weighted by atomic mass is 9.97. The number of morpholine rings is 1. The number of fused-ring (bicyclic) bond motifs is 1. The second-order valence-corrected chi connectivity index (χ2v) is 8.93. The van der Waals surface area contributed by atoms with Crippen LogP contribution in [0.15, 0.2) is 60.8 Å². The van der Waals surface area contributed by atoms with Crippen molar-refractivity contribution in [1.82, 2.24) is 14.8 Å². The van der Waals surface area contributed by atoms with Gasteiger partial charge in [0.15, 0.2) is 0 Å². The third-order valence-electron chi connectivity index (χ3n) is 6.60. The van der Waals surface area contributed by atoms with Gasteiger partial charge in [-0.2, -0.15) is 0 Å². The zero-order valence-corrected chi connectivity index (χ0v) is 19.0. The van der Waals surface area contributed by atoms with Crippen molar-refractivity contribution in [2.24, 2.45) is 5.92 Å². The molecular formula is C27H31N3O3. The van der Waals surface area contributed by atoms with Gasteiger partial charge in [-0.3, -0.25) is 14.7 Å². The fourth-order valence-corrected chi connectivity index (χ4v) is 4.87. The molecule has 2 fully saturated rings. The molecule has 1 aromatic heterocycles. The average Bonchev–Trinajstić information content (AvgIpc) is 3.10. The highest BCUT2D eigenvalue weighted by Gasteiger charge is 2.26. The molecule has 1 atom stereocenters. The minimum Gasteiger partial charge on any atom is -0.379 e. The molecule has 1 amide bonds. The molecule has 0 N–H and O–H groups in total. The van der Waals surface area contributed by atoms with Crippen molar-refractivity contribution in [2.45, 2.75) is 13.0 Å². The van der Waals surface area contributed by atoms with Crippen LogP contribution in [0.4, 0.5) is 0 Å². The molecule has 3 heterocycles. The van der Waals surface area contributed by atoms with Crippen LogP contribution >= 0.6 is 0 Å². The predicted molar refractivity (Wildman–Crippen MR) is 128 cm³/mol. The maximum absolute atomic E-state index is 13.6. The molecule has 0 unspecified atom stereocenters. The second kappa shape index (κ2) is 10.4. The van der Waals surface area contributed by atoms with E-state index >= 15 is 0 Å². The van der Waals surface area contributed by atoms with E-state index in [0.717, 1.165) is 61.3 Å². The molecule has 0 aliphatic carbocycles. The number of carbonyl (C=O) groups excluding carboxylic acids is 1. The first kappa shape index (κ1) is 22.0. The summed E-state index contributed by atoms with van der Waals surface area (Å²) in [6, 6.07) is 18.4. The molecule has 6 nitrogen and oxygen atoms in total. The van der Waals surface area contributed by atoms with E-state index < -0.39 is 0 Å². The van der Waals surface area contributed by atoms with Crippen LogP contribution in [0, 0.1) is 5.92 Å². The fraction of sp³-hybridized carbons (Fsp3) is 0.407. The van der Waals surface area contributed by atoms with E-state index in [-0.39, 0.29) is 11.8 Å². The molecule has 0 radical (unpaired) electrons. The van der Waals surface area contributed by atoms with Gasteiger partial charge >= 0.3 is 0 Å². The first-order valence-electron chi connectivity index (χ1n) is 11.9. The minimum atomic E-state index is 0.102. The summed E-state index contributed by atoms with van der Waals surface area (Å²) in [6.07, 6.45) is 2.68. The van der Waals surface area contributed by atoms with Gasteiger partial charge < -0.3 is 14.4 Å². The zero-order valence-electron chi connectivity index (χ0n) is 19.0. The van der Waals surface area contributed by atoms with E-state index in [2.05, 4.69) is 40.2 Å². The number of aromatic nitrogens is 1. The van der Waals surface area contributed by atoms with Crippen LogP contribution in [-0.4, -0.2) is 73.3 Å².